The van der Waals surface area contributed by atoms with Gasteiger partial charge in [-0.2, -0.15) is 0 Å². The molecule has 0 bridgehead atoms. The Balaban J connectivity index is 2.16. The topological polar surface area (TPSA) is 36.4 Å². The van der Waals surface area contributed by atoms with Crippen molar-refractivity contribution in [3.05, 3.63) is 53.3 Å². The molecule has 0 spiro atoms. The summed E-state index contributed by atoms with van der Waals surface area (Å²) < 4.78 is 0. The molecule has 2 aromatic rings. The van der Waals surface area contributed by atoms with E-state index in [0.29, 0.717) is 0 Å². The fraction of sp³-hybridized carbons (Fsp3) is 0.267. The van der Waals surface area contributed by atoms with Gasteiger partial charge in [0.05, 0.1) is 18.4 Å². The van der Waals surface area contributed by atoms with Crippen molar-refractivity contribution in [3.8, 4) is 5.75 Å². The molecule has 0 saturated carbocycles. The van der Waals surface area contributed by atoms with Crippen LogP contribution in [-0.2, 0) is 6.54 Å². The van der Waals surface area contributed by atoms with Gasteiger partial charge in [0, 0.05) is 12.7 Å². The maximum Gasteiger partial charge on any atom is 0.133 e. The van der Waals surface area contributed by atoms with Crippen LogP contribution in [0.15, 0.2) is 36.5 Å². The highest BCUT2D eigenvalue weighted by molar-refractivity contribution is 5.53. The SMILES string of the molecule is Cc1ccc(N(C)Cc2ccc(O)cn2)c(C)c1. The van der Waals surface area contributed by atoms with Gasteiger partial charge in [-0.3, -0.25) is 4.98 Å². The number of aromatic hydroxyl groups is 1. The molecule has 0 radical (unpaired) electrons. The molecule has 0 amide bonds. The lowest BCUT2D eigenvalue weighted by Crippen LogP contribution is -2.18. The Kier molecular flexibility index (Phi) is 3.51. The van der Waals surface area contributed by atoms with Crippen LogP contribution in [0.5, 0.6) is 5.75 Å². The van der Waals surface area contributed by atoms with E-state index in [1.807, 2.05) is 13.1 Å². The molecule has 0 unspecified atom stereocenters. The standard InChI is InChI=1S/C15H18N2O/c1-11-4-7-15(12(2)8-11)17(3)10-13-5-6-14(18)9-16-13/h4-9,18H,10H2,1-3H3. The summed E-state index contributed by atoms with van der Waals surface area (Å²) in [6, 6.07) is 9.93. The first-order valence-corrected chi connectivity index (χ1v) is 5.98. The molecule has 2 rings (SSSR count). The van der Waals surface area contributed by atoms with Gasteiger partial charge in [-0.15, -0.1) is 0 Å². The minimum absolute atomic E-state index is 0.202. The molecule has 3 nitrogen and oxygen atoms in total. The number of hydrogen-bond acceptors (Lipinski definition) is 3. The average molecular weight is 242 g/mol. The van der Waals surface area contributed by atoms with Crippen LogP contribution >= 0.6 is 0 Å². The van der Waals surface area contributed by atoms with E-state index in [0.717, 1.165) is 12.2 Å². The number of nitrogens with zero attached hydrogens (tertiary/aromatic N) is 2. The highest BCUT2D eigenvalue weighted by atomic mass is 16.3. The van der Waals surface area contributed by atoms with E-state index >= 15 is 0 Å². The quantitative estimate of drug-likeness (QED) is 0.898. The van der Waals surface area contributed by atoms with Gasteiger partial charge in [0.1, 0.15) is 5.75 Å². The van der Waals surface area contributed by atoms with E-state index in [-0.39, 0.29) is 5.75 Å². The third-order valence-electron chi connectivity index (χ3n) is 2.97. The number of hydrogen-bond donors (Lipinski definition) is 1. The van der Waals surface area contributed by atoms with Crippen molar-refractivity contribution < 1.29 is 5.11 Å². The Morgan fingerprint density at radius 2 is 1.94 bits per heavy atom. The summed E-state index contributed by atoms with van der Waals surface area (Å²) >= 11 is 0. The fourth-order valence-corrected chi connectivity index (χ4v) is 2.07. The molecular formula is C15H18N2O. The van der Waals surface area contributed by atoms with Crippen LogP contribution in [0.1, 0.15) is 16.8 Å². The first kappa shape index (κ1) is 12.4. The third kappa shape index (κ3) is 2.80. The van der Waals surface area contributed by atoms with Crippen molar-refractivity contribution in [2.45, 2.75) is 20.4 Å². The number of rotatable bonds is 3. The lowest BCUT2D eigenvalue weighted by atomic mass is 10.1. The van der Waals surface area contributed by atoms with Crippen LogP contribution in [0.25, 0.3) is 0 Å². The van der Waals surface area contributed by atoms with Crippen LogP contribution in [0, 0.1) is 13.8 Å². The van der Waals surface area contributed by atoms with Crippen molar-refractivity contribution in [2.24, 2.45) is 0 Å². The second-order valence-corrected chi connectivity index (χ2v) is 4.65. The summed E-state index contributed by atoms with van der Waals surface area (Å²) in [5, 5.41) is 9.21. The Bertz CT molecular complexity index is 535. The van der Waals surface area contributed by atoms with Crippen LogP contribution < -0.4 is 4.90 Å². The monoisotopic (exact) mass is 242 g/mol. The van der Waals surface area contributed by atoms with Gasteiger partial charge in [-0.25, -0.2) is 0 Å². The smallest absolute Gasteiger partial charge is 0.133 e. The Labute approximate surface area is 108 Å². The van der Waals surface area contributed by atoms with Crippen LogP contribution in [-0.4, -0.2) is 17.1 Å². The Morgan fingerprint density at radius 1 is 1.17 bits per heavy atom. The van der Waals surface area contributed by atoms with Gasteiger partial charge in [-0.05, 0) is 37.6 Å². The molecule has 1 N–H and O–H groups in total. The second kappa shape index (κ2) is 5.08. The van der Waals surface area contributed by atoms with Gasteiger partial charge in [0.15, 0.2) is 0 Å². The van der Waals surface area contributed by atoms with E-state index in [9.17, 15) is 5.11 Å². The van der Waals surface area contributed by atoms with E-state index < -0.39 is 0 Å². The minimum Gasteiger partial charge on any atom is -0.506 e. The summed E-state index contributed by atoms with van der Waals surface area (Å²) in [7, 11) is 2.05. The second-order valence-electron chi connectivity index (χ2n) is 4.65. The number of pyridine rings is 1. The summed E-state index contributed by atoms with van der Waals surface area (Å²) in [5.41, 5.74) is 4.68. The molecule has 0 aliphatic carbocycles. The van der Waals surface area contributed by atoms with Crippen LogP contribution in [0.4, 0.5) is 5.69 Å². The van der Waals surface area contributed by atoms with Gasteiger partial charge in [0.2, 0.25) is 0 Å². The molecule has 0 aliphatic heterocycles. The molecule has 1 aromatic heterocycles. The summed E-state index contributed by atoms with van der Waals surface area (Å²) in [6.07, 6.45) is 1.48. The van der Waals surface area contributed by atoms with Crippen molar-refractivity contribution >= 4 is 5.69 Å². The van der Waals surface area contributed by atoms with E-state index in [4.69, 9.17) is 0 Å². The zero-order chi connectivity index (χ0) is 13.1. The number of benzene rings is 1. The normalized spacial score (nSPS) is 10.4. The average Bonchev–Trinajstić information content (AvgIpc) is 2.32. The van der Waals surface area contributed by atoms with E-state index in [2.05, 4.69) is 41.9 Å². The minimum atomic E-state index is 0.202. The predicted molar refractivity (Wildman–Crippen MR) is 73.9 cm³/mol. The molecule has 18 heavy (non-hydrogen) atoms. The first-order valence-electron chi connectivity index (χ1n) is 5.98. The van der Waals surface area contributed by atoms with E-state index in [1.54, 1.807) is 6.07 Å². The highest BCUT2D eigenvalue weighted by Gasteiger charge is 2.06. The Morgan fingerprint density at radius 3 is 2.56 bits per heavy atom. The molecule has 94 valence electrons. The Hall–Kier alpha value is -2.03. The summed E-state index contributed by atoms with van der Waals surface area (Å²) in [4.78, 5) is 6.36. The zero-order valence-corrected chi connectivity index (χ0v) is 11.0. The fourth-order valence-electron chi connectivity index (χ4n) is 2.07. The molecule has 1 heterocycles. The molecular weight excluding hydrogens is 224 g/mol. The lowest BCUT2D eigenvalue weighted by Gasteiger charge is -2.21. The van der Waals surface area contributed by atoms with Gasteiger partial charge >= 0.3 is 0 Å². The van der Waals surface area contributed by atoms with Crippen molar-refractivity contribution in [2.75, 3.05) is 11.9 Å². The predicted octanol–water partition coefficient (Wildman–Crippen LogP) is 3.04. The number of aryl methyl sites for hydroxylation is 2. The third-order valence-corrected chi connectivity index (χ3v) is 2.97. The molecule has 0 fully saturated rings. The van der Waals surface area contributed by atoms with Gasteiger partial charge < -0.3 is 10.0 Å². The molecule has 1 aromatic carbocycles. The number of anilines is 1. The summed E-state index contributed by atoms with van der Waals surface area (Å²) in [6.45, 7) is 4.94. The van der Waals surface area contributed by atoms with Crippen molar-refractivity contribution in [3.63, 3.8) is 0 Å². The maximum absolute atomic E-state index is 9.21. The van der Waals surface area contributed by atoms with Crippen molar-refractivity contribution in [1.82, 2.24) is 4.98 Å². The highest BCUT2D eigenvalue weighted by Crippen LogP contribution is 2.21. The lowest BCUT2D eigenvalue weighted by molar-refractivity contribution is 0.472. The van der Waals surface area contributed by atoms with Gasteiger partial charge in [-0.1, -0.05) is 17.7 Å². The van der Waals surface area contributed by atoms with Gasteiger partial charge in [0.25, 0.3) is 0 Å². The van der Waals surface area contributed by atoms with Crippen LogP contribution in [0.2, 0.25) is 0 Å². The molecule has 3 heteroatoms. The molecule has 0 saturated heterocycles. The largest absolute Gasteiger partial charge is 0.506 e. The van der Waals surface area contributed by atoms with E-state index in [1.165, 1.54) is 23.0 Å². The maximum atomic E-state index is 9.21. The zero-order valence-electron chi connectivity index (χ0n) is 11.0. The molecule has 0 aliphatic rings. The molecule has 0 atom stereocenters. The summed E-state index contributed by atoms with van der Waals surface area (Å²) in [5.74, 6) is 0.202. The first-order chi connectivity index (χ1) is 8.56. The van der Waals surface area contributed by atoms with Crippen molar-refractivity contribution in [1.29, 1.82) is 0 Å². The number of aromatic nitrogens is 1. The van der Waals surface area contributed by atoms with Crippen LogP contribution in [0.3, 0.4) is 0 Å².